The molecule has 0 saturated carbocycles. The van der Waals surface area contributed by atoms with Gasteiger partial charge in [-0.15, -0.1) is 0 Å². The van der Waals surface area contributed by atoms with Gasteiger partial charge in [-0.2, -0.15) is 5.10 Å². The first-order chi connectivity index (χ1) is 20.2. The van der Waals surface area contributed by atoms with Crippen LogP contribution in [0.5, 0.6) is 0 Å². The third kappa shape index (κ3) is 6.96. The van der Waals surface area contributed by atoms with Gasteiger partial charge in [0.05, 0.1) is 23.7 Å². The lowest BCUT2D eigenvalue weighted by Gasteiger charge is -2.39. The number of hydrogen-bond acceptors (Lipinski definition) is 6. The monoisotopic (exact) mass is 598 g/mol. The van der Waals surface area contributed by atoms with Crippen LogP contribution >= 0.6 is 11.6 Å². The number of halogens is 2. The molecule has 222 valence electrons. The lowest BCUT2D eigenvalue weighted by Crippen LogP contribution is -2.45. The maximum atomic E-state index is 13.6. The normalized spacial score (nSPS) is 17.4. The van der Waals surface area contributed by atoms with Crippen LogP contribution in [0.1, 0.15) is 42.2 Å². The molecule has 3 aromatic rings. The largest absolute Gasteiger partial charge is 0.483 e. The molecule has 2 aromatic carbocycles. The van der Waals surface area contributed by atoms with Crippen LogP contribution < -0.4 is 0 Å². The number of benzene rings is 2. The van der Waals surface area contributed by atoms with Gasteiger partial charge in [-0.25, -0.2) is 9.18 Å². The van der Waals surface area contributed by atoms with Gasteiger partial charge in [-0.1, -0.05) is 41.9 Å². The third-order valence-corrected chi connectivity index (χ3v) is 8.06. The van der Waals surface area contributed by atoms with Gasteiger partial charge in [-0.05, 0) is 61.4 Å². The predicted octanol–water partition coefficient (Wildman–Crippen LogP) is 4.20. The van der Waals surface area contributed by atoms with Crippen molar-refractivity contribution in [1.29, 1.82) is 0 Å². The summed E-state index contributed by atoms with van der Waals surface area (Å²) in [4.78, 5) is 51.2. The number of aromatic nitrogens is 2. The highest BCUT2D eigenvalue weighted by atomic mass is 35.5. The Kier molecular flexibility index (Phi) is 9.95. The zero-order chi connectivity index (χ0) is 30.3. The van der Waals surface area contributed by atoms with E-state index in [9.17, 15) is 18.8 Å². The van der Waals surface area contributed by atoms with E-state index in [2.05, 4.69) is 10.2 Å². The Bertz CT molecular complexity index is 1420. The minimum atomic E-state index is -0.717. The number of nitrogens with zero attached hydrogens (tertiary/aromatic N) is 3. The first kappa shape index (κ1) is 30.7. The number of ether oxygens (including phenoxy) is 1. The van der Waals surface area contributed by atoms with E-state index in [1.54, 1.807) is 36.1 Å². The SMILES string of the molecule is CCOC(=O)C1CC2(CCN(C(=O)Cc3ccc(F)cc3)CC2)CN1C(=O)c1cc(-c2ccccc2Cl)n[nH]1.O=CO. The van der Waals surface area contributed by atoms with E-state index in [-0.39, 0.29) is 48.2 Å². The zero-order valence-corrected chi connectivity index (χ0v) is 23.8. The molecule has 2 N–H and O–H groups in total. The predicted molar refractivity (Wildman–Crippen MR) is 152 cm³/mol. The molecule has 1 spiro atoms. The maximum absolute atomic E-state index is 13.6. The lowest BCUT2D eigenvalue weighted by molar-refractivity contribution is -0.147. The average Bonchev–Trinajstić information content (AvgIpc) is 3.61. The van der Waals surface area contributed by atoms with Gasteiger partial charge in [0.2, 0.25) is 5.91 Å². The van der Waals surface area contributed by atoms with Crippen LogP contribution in [0.25, 0.3) is 11.3 Å². The Labute approximate surface area is 247 Å². The number of hydrogen-bond donors (Lipinski definition) is 2. The summed E-state index contributed by atoms with van der Waals surface area (Å²) in [6, 6.07) is 14.1. The molecular formula is C30H32ClFN4O6. The van der Waals surface area contributed by atoms with Crippen molar-refractivity contribution in [2.24, 2.45) is 5.41 Å². The summed E-state index contributed by atoms with van der Waals surface area (Å²) in [5.41, 5.74) is 1.97. The topological polar surface area (TPSA) is 133 Å². The molecular weight excluding hydrogens is 567 g/mol. The van der Waals surface area contributed by atoms with Crippen LogP contribution in [-0.2, 0) is 25.5 Å². The van der Waals surface area contributed by atoms with E-state index < -0.39 is 12.0 Å². The van der Waals surface area contributed by atoms with E-state index in [4.69, 9.17) is 26.2 Å². The van der Waals surface area contributed by atoms with E-state index >= 15 is 0 Å². The first-order valence-corrected chi connectivity index (χ1v) is 14.0. The second-order valence-electron chi connectivity index (χ2n) is 10.3. The number of carbonyl (C=O) groups excluding carboxylic acids is 3. The average molecular weight is 599 g/mol. The smallest absolute Gasteiger partial charge is 0.328 e. The van der Waals surface area contributed by atoms with Crippen molar-refractivity contribution < 1.29 is 33.4 Å². The molecule has 2 amide bonds. The van der Waals surface area contributed by atoms with Crippen molar-refractivity contribution in [2.75, 3.05) is 26.2 Å². The Morgan fingerprint density at radius 3 is 2.48 bits per heavy atom. The van der Waals surface area contributed by atoms with Crippen LogP contribution in [0.4, 0.5) is 4.39 Å². The number of carbonyl (C=O) groups is 4. The van der Waals surface area contributed by atoms with Crippen molar-refractivity contribution >= 4 is 35.9 Å². The highest BCUT2D eigenvalue weighted by Gasteiger charge is 2.51. The Morgan fingerprint density at radius 2 is 1.83 bits per heavy atom. The Balaban J connectivity index is 0.00000129. The molecule has 0 bridgehead atoms. The number of carboxylic acid groups (broad SMARTS) is 1. The number of likely N-dealkylation sites (tertiary alicyclic amines) is 2. The molecule has 10 nitrogen and oxygen atoms in total. The minimum Gasteiger partial charge on any atom is -0.483 e. The summed E-state index contributed by atoms with van der Waals surface area (Å²) in [5, 5.41) is 14.5. The fourth-order valence-electron chi connectivity index (χ4n) is 5.59. The van der Waals surface area contributed by atoms with Crippen molar-refractivity contribution in [3.63, 3.8) is 0 Å². The standard InChI is InChI=1S/C29H30ClFN4O4.CH2O2/c1-2-39-28(38)25-17-29(11-13-34(14-12-29)26(36)15-19-7-9-20(31)10-8-19)18-35(25)27(37)24-16-23(32-33-24)21-5-3-4-6-22(21)30;2-1-3/h3-10,16,25H,2,11-15,17-18H2,1H3,(H,32,33);1H,(H,2,3). The number of esters is 1. The van der Waals surface area contributed by atoms with E-state index in [0.717, 1.165) is 5.56 Å². The molecule has 12 heteroatoms. The Hall–Kier alpha value is -4.25. The summed E-state index contributed by atoms with van der Waals surface area (Å²) in [7, 11) is 0. The van der Waals surface area contributed by atoms with Crippen molar-refractivity contribution in [2.45, 2.75) is 38.6 Å². The molecule has 2 fully saturated rings. The van der Waals surface area contributed by atoms with Crippen LogP contribution in [0.15, 0.2) is 54.6 Å². The van der Waals surface area contributed by atoms with E-state index in [1.165, 1.54) is 12.1 Å². The fraction of sp³-hybridized carbons (Fsp3) is 0.367. The summed E-state index contributed by atoms with van der Waals surface area (Å²) in [5.74, 6) is -1.11. The van der Waals surface area contributed by atoms with Crippen molar-refractivity contribution in [3.05, 3.63) is 76.7 Å². The third-order valence-electron chi connectivity index (χ3n) is 7.73. The minimum absolute atomic E-state index is 0.0195. The molecule has 0 aliphatic carbocycles. The van der Waals surface area contributed by atoms with E-state index in [0.29, 0.717) is 55.2 Å². The molecule has 5 rings (SSSR count). The quantitative estimate of drug-likeness (QED) is 0.321. The molecule has 3 heterocycles. The second kappa shape index (κ2) is 13.6. The van der Waals surface area contributed by atoms with Crippen LogP contribution in [0.3, 0.4) is 0 Å². The number of rotatable bonds is 6. The summed E-state index contributed by atoms with van der Waals surface area (Å²) in [6.07, 6.45) is 2.01. The Morgan fingerprint density at radius 1 is 1.17 bits per heavy atom. The van der Waals surface area contributed by atoms with E-state index in [1.807, 2.05) is 23.1 Å². The van der Waals surface area contributed by atoms with Crippen molar-refractivity contribution in [1.82, 2.24) is 20.0 Å². The zero-order valence-electron chi connectivity index (χ0n) is 23.1. The van der Waals surface area contributed by atoms with Crippen LogP contribution in [-0.4, -0.2) is 81.6 Å². The van der Waals surface area contributed by atoms with Gasteiger partial charge in [0.15, 0.2) is 0 Å². The number of H-pyrrole nitrogens is 1. The lowest BCUT2D eigenvalue weighted by atomic mass is 9.76. The molecule has 1 atom stereocenters. The second-order valence-corrected chi connectivity index (χ2v) is 10.7. The number of aromatic amines is 1. The number of piperidine rings is 1. The molecule has 1 aromatic heterocycles. The highest BCUT2D eigenvalue weighted by molar-refractivity contribution is 6.33. The van der Waals surface area contributed by atoms with Gasteiger partial charge >= 0.3 is 5.97 Å². The molecule has 2 aliphatic heterocycles. The molecule has 1 unspecified atom stereocenters. The summed E-state index contributed by atoms with van der Waals surface area (Å²) >= 11 is 6.30. The van der Waals surface area contributed by atoms with Gasteiger partial charge < -0.3 is 19.6 Å². The van der Waals surface area contributed by atoms with Crippen LogP contribution in [0, 0.1) is 11.2 Å². The summed E-state index contributed by atoms with van der Waals surface area (Å²) < 4.78 is 18.5. The van der Waals surface area contributed by atoms with Gasteiger partial charge in [0.25, 0.3) is 12.4 Å². The number of amides is 2. The molecule has 2 aliphatic rings. The molecule has 42 heavy (non-hydrogen) atoms. The first-order valence-electron chi connectivity index (χ1n) is 13.6. The van der Waals surface area contributed by atoms with Gasteiger partial charge in [0.1, 0.15) is 17.6 Å². The fourth-order valence-corrected chi connectivity index (χ4v) is 5.83. The van der Waals surface area contributed by atoms with Crippen LogP contribution in [0.2, 0.25) is 5.02 Å². The summed E-state index contributed by atoms with van der Waals surface area (Å²) in [6.45, 7) is 3.15. The maximum Gasteiger partial charge on any atom is 0.328 e. The highest BCUT2D eigenvalue weighted by Crippen LogP contribution is 2.44. The van der Waals surface area contributed by atoms with Crippen molar-refractivity contribution in [3.8, 4) is 11.3 Å². The van der Waals surface area contributed by atoms with Gasteiger partial charge in [0, 0.05) is 25.2 Å². The number of nitrogens with one attached hydrogen (secondary N) is 1. The molecule has 0 radical (unpaired) electrons. The van der Waals surface area contributed by atoms with Gasteiger partial charge in [-0.3, -0.25) is 19.5 Å². The molecule has 2 saturated heterocycles.